The van der Waals surface area contributed by atoms with Crippen LogP contribution >= 0.6 is 11.6 Å². The lowest BCUT2D eigenvalue weighted by atomic mass is 9.82. The minimum Gasteiger partial charge on any atom is -0.382 e. The van der Waals surface area contributed by atoms with Gasteiger partial charge in [0.15, 0.2) is 5.82 Å². The predicted molar refractivity (Wildman–Crippen MR) is 138 cm³/mol. The first kappa shape index (κ1) is 22.2. The van der Waals surface area contributed by atoms with E-state index in [4.69, 9.17) is 28.1 Å². The number of imidazole rings is 1. The van der Waals surface area contributed by atoms with Crippen LogP contribution in [0.15, 0.2) is 49.1 Å². The highest BCUT2D eigenvalue weighted by Crippen LogP contribution is 2.38. The SMILES string of the molecule is Nc1nccc2c1ncn2Cc1cc(C2CCC2)ncc1N1CCCC(N)(c2cccc(Cl)n2)C1. The van der Waals surface area contributed by atoms with E-state index >= 15 is 0 Å². The number of aromatic nitrogens is 5. The molecule has 1 unspecified atom stereocenters. The molecular formula is C26H29ClN8. The van der Waals surface area contributed by atoms with Crippen molar-refractivity contribution in [3.63, 3.8) is 0 Å². The number of pyridine rings is 3. The van der Waals surface area contributed by atoms with Crippen molar-refractivity contribution in [3.05, 3.63) is 71.2 Å². The van der Waals surface area contributed by atoms with E-state index in [1.54, 1.807) is 12.3 Å². The molecule has 2 aliphatic rings. The van der Waals surface area contributed by atoms with Gasteiger partial charge in [-0.1, -0.05) is 24.1 Å². The molecule has 1 saturated carbocycles. The van der Waals surface area contributed by atoms with E-state index in [1.807, 2.05) is 30.7 Å². The Morgan fingerprint density at radius 3 is 2.80 bits per heavy atom. The van der Waals surface area contributed by atoms with Crippen molar-refractivity contribution in [2.75, 3.05) is 23.7 Å². The van der Waals surface area contributed by atoms with Crippen LogP contribution in [0.4, 0.5) is 11.5 Å². The summed E-state index contributed by atoms with van der Waals surface area (Å²) < 4.78 is 2.13. The number of halogens is 1. The molecule has 0 radical (unpaired) electrons. The van der Waals surface area contributed by atoms with Gasteiger partial charge < -0.3 is 20.9 Å². The molecule has 9 heteroatoms. The number of nitrogens with two attached hydrogens (primary N) is 2. The van der Waals surface area contributed by atoms with Gasteiger partial charge in [0.1, 0.15) is 10.7 Å². The third kappa shape index (κ3) is 4.10. The first-order chi connectivity index (χ1) is 17.0. The third-order valence-electron chi connectivity index (χ3n) is 7.51. The summed E-state index contributed by atoms with van der Waals surface area (Å²) in [5.74, 6) is 0.997. The fraction of sp³-hybridized carbons (Fsp3) is 0.385. The van der Waals surface area contributed by atoms with Crippen molar-refractivity contribution in [2.24, 2.45) is 5.73 Å². The van der Waals surface area contributed by atoms with Crippen LogP contribution in [-0.2, 0) is 12.1 Å². The van der Waals surface area contributed by atoms with Crippen LogP contribution in [0.25, 0.3) is 11.0 Å². The van der Waals surface area contributed by atoms with E-state index in [2.05, 4.69) is 30.5 Å². The minimum atomic E-state index is -0.575. The zero-order chi connectivity index (χ0) is 24.0. The maximum atomic E-state index is 6.94. The second-order valence-corrected chi connectivity index (χ2v) is 10.2. The molecule has 1 atom stereocenters. The molecule has 0 bridgehead atoms. The topological polar surface area (TPSA) is 112 Å². The molecule has 0 aromatic carbocycles. The molecule has 1 aliphatic carbocycles. The zero-order valence-electron chi connectivity index (χ0n) is 19.6. The number of hydrogen-bond acceptors (Lipinski definition) is 7. The molecule has 4 aromatic heterocycles. The van der Waals surface area contributed by atoms with Crippen molar-refractivity contribution in [2.45, 2.75) is 50.1 Å². The van der Waals surface area contributed by atoms with Crippen molar-refractivity contribution < 1.29 is 0 Å². The molecule has 0 amide bonds. The second kappa shape index (κ2) is 8.77. The lowest BCUT2D eigenvalue weighted by Gasteiger charge is -2.41. The smallest absolute Gasteiger partial charge is 0.151 e. The molecule has 0 spiro atoms. The average molecular weight is 489 g/mol. The lowest BCUT2D eigenvalue weighted by molar-refractivity contribution is 0.345. The Balaban J connectivity index is 1.37. The number of hydrogen-bond donors (Lipinski definition) is 2. The van der Waals surface area contributed by atoms with Gasteiger partial charge in [-0.15, -0.1) is 0 Å². The molecule has 4 aromatic rings. The Bertz CT molecular complexity index is 1380. The van der Waals surface area contributed by atoms with Crippen LogP contribution in [0.3, 0.4) is 0 Å². The summed E-state index contributed by atoms with van der Waals surface area (Å²) in [6.07, 6.45) is 11.1. The summed E-state index contributed by atoms with van der Waals surface area (Å²) in [6, 6.07) is 9.92. The molecule has 1 aliphatic heterocycles. The Kier molecular flexibility index (Phi) is 5.57. The van der Waals surface area contributed by atoms with Crippen LogP contribution in [0.2, 0.25) is 5.15 Å². The molecule has 6 rings (SSSR count). The van der Waals surface area contributed by atoms with Crippen molar-refractivity contribution in [1.82, 2.24) is 24.5 Å². The van der Waals surface area contributed by atoms with Crippen LogP contribution < -0.4 is 16.4 Å². The maximum absolute atomic E-state index is 6.94. The Labute approximate surface area is 209 Å². The third-order valence-corrected chi connectivity index (χ3v) is 7.72. The first-order valence-corrected chi connectivity index (χ1v) is 12.6. The van der Waals surface area contributed by atoms with E-state index < -0.39 is 5.54 Å². The van der Waals surface area contributed by atoms with Gasteiger partial charge in [-0.05, 0) is 55.5 Å². The summed E-state index contributed by atoms with van der Waals surface area (Å²) in [5, 5.41) is 0.470. The molecule has 180 valence electrons. The molecule has 2 fully saturated rings. The van der Waals surface area contributed by atoms with E-state index in [-0.39, 0.29) is 0 Å². The fourth-order valence-corrected chi connectivity index (χ4v) is 5.52. The minimum absolute atomic E-state index is 0.448. The number of nitrogens with zero attached hydrogens (tertiary/aromatic N) is 6. The number of nitrogen functional groups attached to an aromatic ring is 1. The van der Waals surface area contributed by atoms with Gasteiger partial charge in [0.25, 0.3) is 0 Å². The largest absolute Gasteiger partial charge is 0.382 e. The molecule has 8 nitrogen and oxygen atoms in total. The first-order valence-electron chi connectivity index (χ1n) is 12.2. The van der Waals surface area contributed by atoms with Gasteiger partial charge in [-0.25, -0.2) is 15.0 Å². The molecular weight excluding hydrogens is 460 g/mol. The molecule has 4 N–H and O–H groups in total. The number of piperidine rings is 1. The molecule has 35 heavy (non-hydrogen) atoms. The summed E-state index contributed by atoms with van der Waals surface area (Å²) in [7, 11) is 0. The van der Waals surface area contributed by atoms with Crippen molar-refractivity contribution in [3.8, 4) is 0 Å². The predicted octanol–water partition coefficient (Wildman–Crippen LogP) is 4.23. The summed E-state index contributed by atoms with van der Waals surface area (Å²) >= 11 is 6.20. The Morgan fingerprint density at radius 2 is 2.00 bits per heavy atom. The highest BCUT2D eigenvalue weighted by atomic mass is 35.5. The molecule has 1 saturated heterocycles. The summed E-state index contributed by atoms with van der Waals surface area (Å²) in [5.41, 5.74) is 18.5. The van der Waals surface area contributed by atoms with E-state index in [9.17, 15) is 0 Å². The fourth-order valence-electron chi connectivity index (χ4n) is 5.35. The average Bonchev–Trinajstić information content (AvgIpc) is 3.22. The van der Waals surface area contributed by atoms with Crippen molar-refractivity contribution in [1.29, 1.82) is 0 Å². The highest BCUT2D eigenvalue weighted by molar-refractivity contribution is 6.29. The van der Waals surface area contributed by atoms with Crippen molar-refractivity contribution >= 4 is 34.1 Å². The quantitative estimate of drug-likeness (QED) is 0.404. The van der Waals surface area contributed by atoms with Gasteiger partial charge in [0.2, 0.25) is 0 Å². The Morgan fingerprint density at radius 1 is 1.11 bits per heavy atom. The normalized spacial score (nSPS) is 20.8. The van der Waals surface area contributed by atoms with Crippen LogP contribution in [-0.4, -0.2) is 37.6 Å². The lowest BCUT2D eigenvalue weighted by Crippen LogP contribution is -2.52. The standard InChI is InChI=1S/C26H29ClN8/c27-23-7-2-6-22(33-23)26(29)9-3-11-34(15-26)21-13-31-19(17-4-1-5-17)12-18(21)14-35-16-32-24-20(35)8-10-30-25(24)28/h2,6-8,10,12-13,16-17H,1,3-5,9,11,14-15,29H2,(H2,28,30). The van der Waals surface area contributed by atoms with Gasteiger partial charge in [-0.3, -0.25) is 4.98 Å². The summed E-state index contributed by atoms with van der Waals surface area (Å²) in [4.78, 5) is 20.5. The number of fused-ring (bicyclic) bond motifs is 1. The van der Waals surface area contributed by atoms with Gasteiger partial charge in [-0.2, -0.15) is 0 Å². The molecule has 5 heterocycles. The maximum Gasteiger partial charge on any atom is 0.151 e. The van der Waals surface area contributed by atoms with E-state index in [1.165, 1.54) is 30.5 Å². The van der Waals surface area contributed by atoms with Gasteiger partial charge >= 0.3 is 0 Å². The van der Waals surface area contributed by atoms with Crippen LogP contribution in [0.1, 0.15) is 55.0 Å². The zero-order valence-corrected chi connectivity index (χ0v) is 20.3. The van der Waals surface area contributed by atoms with Gasteiger partial charge in [0.05, 0.1) is 41.5 Å². The summed E-state index contributed by atoms with van der Waals surface area (Å²) in [6.45, 7) is 2.23. The van der Waals surface area contributed by atoms with Gasteiger partial charge in [0, 0.05) is 30.9 Å². The van der Waals surface area contributed by atoms with E-state index in [0.717, 1.165) is 41.8 Å². The monoisotopic (exact) mass is 488 g/mol. The van der Waals surface area contributed by atoms with E-state index in [0.29, 0.717) is 30.0 Å². The second-order valence-electron chi connectivity index (χ2n) is 9.83. The number of anilines is 2. The van der Waals surface area contributed by atoms with Crippen LogP contribution in [0, 0.1) is 0 Å². The highest BCUT2D eigenvalue weighted by Gasteiger charge is 2.36. The Hall–Kier alpha value is -3.23. The van der Waals surface area contributed by atoms with Crippen LogP contribution in [0.5, 0.6) is 0 Å². The number of rotatable bonds is 5.